The Balaban J connectivity index is 1.74. The van der Waals surface area contributed by atoms with E-state index in [1.165, 1.54) is 11.1 Å². The Hall–Kier alpha value is -0.940. The molecule has 21 heavy (non-hydrogen) atoms. The maximum absolute atomic E-state index is 10.1. The zero-order chi connectivity index (χ0) is 15.1. The molecule has 0 amide bonds. The standard InChI is InChI=1S/C17H27NO3/c1-14(12-20-2)21-13-17(19)11-18-9-7-15-5-3-4-6-16(15)8-10-18/h3-6,14,17,19H,7-13H2,1-2H3. The Labute approximate surface area is 127 Å². The van der Waals surface area contributed by atoms with Crippen LogP contribution in [0.15, 0.2) is 24.3 Å². The summed E-state index contributed by atoms with van der Waals surface area (Å²) in [4.78, 5) is 2.33. The maximum atomic E-state index is 10.1. The second-order valence-electron chi connectivity index (χ2n) is 5.82. The van der Waals surface area contributed by atoms with Crippen LogP contribution in [0.5, 0.6) is 0 Å². The van der Waals surface area contributed by atoms with Gasteiger partial charge in [0.2, 0.25) is 0 Å². The normalized spacial score (nSPS) is 18.8. The van der Waals surface area contributed by atoms with Gasteiger partial charge in [0.1, 0.15) is 0 Å². The zero-order valence-corrected chi connectivity index (χ0v) is 13.1. The summed E-state index contributed by atoms with van der Waals surface area (Å²) in [6.45, 7) is 5.57. The molecule has 1 aromatic carbocycles. The van der Waals surface area contributed by atoms with E-state index < -0.39 is 6.10 Å². The van der Waals surface area contributed by atoms with Crippen molar-refractivity contribution in [3.05, 3.63) is 35.4 Å². The van der Waals surface area contributed by atoms with Crippen molar-refractivity contribution in [3.8, 4) is 0 Å². The van der Waals surface area contributed by atoms with Crippen molar-refractivity contribution in [1.29, 1.82) is 0 Å². The van der Waals surface area contributed by atoms with Crippen molar-refractivity contribution in [2.45, 2.75) is 32.0 Å². The van der Waals surface area contributed by atoms with Crippen LogP contribution in [-0.2, 0) is 22.3 Å². The first-order chi connectivity index (χ1) is 10.2. The van der Waals surface area contributed by atoms with Gasteiger partial charge in [0, 0.05) is 26.7 Å². The van der Waals surface area contributed by atoms with Crippen LogP contribution in [0.1, 0.15) is 18.1 Å². The number of β-amino-alcohol motifs (C(OH)–C–C–N with tert-alkyl or cyclic N) is 1. The van der Waals surface area contributed by atoms with Gasteiger partial charge in [-0.3, -0.25) is 0 Å². The summed E-state index contributed by atoms with van der Waals surface area (Å²) < 4.78 is 10.6. The minimum Gasteiger partial charge on any atom is -0.389 e. The molecule has 2 atom stereocenters. The molecule has 1 aromatic rings. The largest absolute Gasteiger partial charge is 0.389 e. The second kappa shape index (κ2) is 8.49. The van der Waals surface area contributed by atoms with E-state index in [0.29, 0.717) is 19.8 Å². The number of ether oxygens (including phenoxy) is 2. The minimum absolute atomic E-state index is 0.0260. The van der Waals surface area contributed by atoms with Gasteiger partial charge in [-0.2, -0.15) is 0 Å². The van der Waals surface area contributed by atoms with Crippen LogP contribution < -0.4 is 0 Å². The summed E-state index contributed by atoms with van der Waals surface area (Å²) in [6.07, 6.45) is 1.71. The fourth-order valence-electron chi connectivity index (χ4n) is 2.81. The SMILES string of the molecule is COCC(C)OCC(O)CN1CCc2ccccc2CC1. The highest BCUT2D eigenvalue weighted by molar-refractivity contribution is 5.28. The number of nitrogens with zero attached hydrogens (tertiary/aromatic N) is 1. The Morgan fingerprint density at radius 1 is 1.14 bits per heavy atom. The molecule has 0 saturated carbocycles. The van der Waals surface area contributed by atoms with Crippen LogP contribution in [0.25, 0.3) is 0 Å². The van der Waals surface area contributed by atoms with Crippen molar-refractivity contribution < 1.29 is 14.6 Å². The second-order valence-corrected chi connectivity index (χ2v) is 5.82. The van der Waals surface area contributed by atoms with Crippen molar-refractivity contribution in [2.75, 3.05) is 40.0 Å². The Kier molecular flexibility index (Phi) is 6.64. The molecule has 0 radical (unpaired) electrons. The van der Waals surface area contributed by atoms with Gasteiger partial charge >= 0.3 is 0 Å². The molecule has 1 heterocycles. The van der Waals surface area contributed by atoms with Gasteiger partial charge in [0.15, 0.2) is 0 Å². The van der Waals surface area contributed by atoms with Gasteiger partial charge < -0.3 is 19.5 Å². The van der Waals surface area contributed by atoms with Crippen molar-refractivity contribution in [3.63, 3.8) is 0 Å². The summed E-state index contributed by atoms with van der Waals surface area (Å²) in [5.41, 5.74) is 2.89. The van der Waals surface area contributed by atoms with Crippen LogP contribution >= 0.6 is 0 Å². The molecule has 0 saturated heterocycles. The lowest BCUT2D eigenvalue weighted by atomic mass is 10.0. The van der Waals surface area contributed by atoms with E-state index in [-0.39, 0.29) is 6.10 Å². The van der Waals surface area contributed by atoms with Gasteiger partial charge in [-0.05, 0) is 30.9 Å². The van der Waals surface area contributed by atoms with Gasteiger partial charge in [-0.1, -0.05) is 24.3 Å². The summed E-state index contributed by atoms with van der Waals surface area (Å²) in [7, 11) is 1.66. The number of aliphatic hydroxyl groups excluding tert-OH is 1. The van der Waals surface area contributed by atoms with E-state index >= 15 is 0 Å². The molecule has 4 heteroatoms. The number of rotatable bonds is 7. The summed E-state index contributed by atoms with van der Waals surface area (Å²) >= 11 is 0. The van der Waals surface area contributed by atoms with Crippen molar-refractivity contribution in [1.82, 2.24) is 4.90 Å². The van der Waals surface area contributed by atoms with Gasteiger partial charge in [-0.15, -0.1) is 0 Å². The molecule has 1 aliphatic rings. The Morgan fingerprint density at radius 2 is 1.76 bits per heavy atom. The molecule has 118 valence electrons. The lowest BCUT2D eigenvalue weighted by molar-refractivity contribution is -0.0394. The Morgan fingerprint density at radius 3 is 2.33 bits per heavy atom. The first-order valence-corrected chi connectivity index (χ1v) is 7.76. The van der Waals surface area contributed by atoms with Crippen molar-refractivity contribution >= 4 is 0 Å². The average Bonchev–Trinajstić information content (AvgIpc) is 2.68. The molecule has 2 unspecified atom stereocenters. The Bertz CT molecular complexity index is 397. The molecular weight excluding hydrogens is 266 g/mol. The van der Waals surface area contributed by atoms with Gasteiger partial charge in [-0.25, -0.2) is 0 Å². The summed E-state index contributed by atoms with van der Waals surface area (Å²) in [6, 6.07) is 8.64. The number of hydrogen-bond acceptors (Lipinski definition) is 4. The molecule has 0 fully saturated rings. The molecule has 0 spiro atoms. The predicted octanol–water partition coefficient (Wildman–Crippen LogP) is 1.50. The molecule has 0 aliphatic carbocycles. The minimum atomic E-state index is -0.439. The van der Waals surface area contributed by atoms with Crippen molar-refractivity contribution in [2.24, 2.45) is 0 Å². The lowest BCUT2D eigenvalue weighted by Crippen LogP contribution is -2.37. The van der Waals surface area contributed by atoms with Crippen LogP contribution in [0.2, 0.25) is 0 Å². The predicted molar refractivity (Wildman–Crippen MR) is 83.6 cm³/mol. The maximum Gasteiger partial charge on any atom is 0.0900 e. The van der Waals surface area contributed by atoms with E-state index in [2.05, 4.69) is 29.2 Å². The van der Waals surface area contributed by atoms with E-state index in [0.717, 1.165) is 25.9 Å². The van der Waals surface area contributed by atoms with Crippen LogP contribution in [0.3, 0.4) is 0 Å². The summed E-state index contributed by atoms with van der Waals surface area (Å²) in [5, 5.41) is 10.1. The quantitative estimate of drug-likeness (QED) is 0.827. The van der Waals surface area contributed by atoms with Crippen LogP contribution in [0.4, 0.5) is 0 Å². The van der Waals surface area contributed by atoms with Crippen LogP contribution in [0, 0.1) is 0 Å². The van der Waals surface area contributed by atoms with E-state index in [1.807, 2.05) is 6.92 Å². The first kappa shape index (κ1) is 16.4. The highest BCUT2D eigenvalue weighted by atomic mass is 16.5. The average molecular weight is 293 g/mol. The highest BCUT2D eigenvalue weighted by Gasteiger charge is 2.17. The van der Waals surface area contributed by atoms with Gasteiger partial charge in [0.05, 0.1) is 25.4 Å². The van der Waals surface area contributed by atoms with Crippen LogP contribution in [-0.4, -0.2) is 62.2 Å². The number of methoxy groups -OCH3 is 1. The smallest absolute Gasteiger partial charge is 0.0900 e. The lowest BCUT2D eigenvalue weighted by Gasteiger charge is -2.24. The zero-order valence-electron chi connectivity index (χ0n) is 13.1. The monoisotopic (exact) mass is 293 g/mol. The molecule has 2 rings (SSSR count). The molecule has 0 bridgehead atoms. The fourth-order valence-corrected chi connectivity index (χ4v) is 2.81. The van der Waals surface area contributed by atoms with Gasteiger partial charge in [0.25, 0.3) is 0 Å². The number of benzene rings is 1. The third kappa shape index (κ3) is 5.40. The van der Waals surface area contributed by atoms with E-state index in [1.54, 1.807) is 7.11 Å². The van der Waals surface area contributed by atoms with E-state index in [9.17, 15) is 5.11 Å². The highest BCUT2D eigenvalue weighted by Crippen LogP contribution is 2.15. The molecular formula is C17H27NO3. The topological polar surface area (TPSA) is 41.9 Å². The third-order valence-electron chi connectivity index (χ3n) is 3.96. The first-order valence-electron chi connectivity index (χ1n) is 7.76. The molecule has 1 aliphatic heterocycles. The van der Waals surface area contributed by atoms with E-state index in [4.69, 9.17) is 9.47 Å². The fraction of sp³-hybridized carbons (Fsp3) is 0.647. The number of hydrogen-bond donors (Lipinski definition) is 1. The summed E-state index contributed by atoms with van der Waals surface area (Å²) in [5.74, 6) is 0. The molecule has 4 nitrogen and oxygen atoms in total. The molecule has 1 N–H and O–H groups in total. The third-order valence-corrected chi connectivity index (χ3v) is 3.96. The molecule has 0 aromatic heterocycles. The number of aliphatic hydroxyl groups is 1. The number of fused-ring (bicyclic) bond motifs is 1.